The number of nitrogens with one attached hydrogen (secondary N) is 1. The van der Waals surface area contributed by atoms with Gasteiger partial charge in [-0.25, -0.2) is 4.98 Å². The van der Waals surface area contributed by atoms with Crippen LogP contribution in [-0.2, 0) is 22.4 Å². The van der Waals surface area contributed by atoms with E-state index in [0.717, 1.165) is 30.7 Å². The Morgan fingerprint density at radius 2 is 2.04 bits per heavy atom. The number of carbonyl (C=O) groups excluding carboxylic acids is 2. The van der Waals surface area contributed by atoms with E-state index in [1.807, 2.05) is 17.0 Å². The molecule has 2 aromatic rings. The number of aromatic nitrogens is 1. The summed E-state index contributed by atoms with van der Waals surface area (Å²) in [6.45, 7) is 1.22. The molecule has 1 saturated heterocycles. The molecule has 2 amide bonds. The number of anilines is 1. The highest BCUT2D eigenvalue weighted by atomic mass is 32.2. The van der Waals surface area contributed by atoms with E-state index in [4.69, 9.17) is 0 Å². The zero-order chi connectivity index (χ0) is 19.3. The van der Waals surface area contributed by atoms with Gasteiger partial charge in [0.2, 0.25) is 11.8 Å². The van der Waals surface area contributed by atoms with Gasteiger partial charge in [0, 0.05) is 24.2 Å². The third kappa shape index (κ3) is 4.55. The summed E-state index contributed by atoms with van der Waals surface area (Å²) in [5.41, 5.74) is 2.88. The number of likely N-dealkylation sites (tertiary alicyclic amines) is 1. The van der Waals surface area contributed by atoms with Crippen LogP contribution in [0.15, 0.2) is 47.5 Å². The second-order valence-corrected chi connectivity index (χ2v) is 8.50. The third-order valence-corrected chi connectivity index (χ3v) is 6.47. The molecule has 0 bridgehead atoms. The number of thioether (sulfide) groups is 1. The average Bonchev–Trinajstić information content (AvgIpc) is 3.20. The molecule has 1 aliphatic carbocycles. The van der Waals surface area contributed by atoms with Gasteiger partial charge in [0.25, 0.3) is 0 Å². The first-order valence-corrected chi connectivity index (χ1v) is 10.9. The molecule has 28 heavy (non-hydrogen) atoms. The Morgan fingerprint density at radius 3 is 2.89 bits per heavy atom. The lowest BCUT2D eigenvalue weighted by molar-refractivity contribution is -0.132. The van der Waals surface area contributed by atoms with Crippen molar-refractivity contribution in [3.63, 3.8) is 0 Å². The Morgan fingerprint density at radius 1 is 1.14 bits per heavy atom. The maximum absolute atomic E-state index is 12.7. The van der Waals surface area contributed by atoms with Crippen LogP contribution in [0.5, 0.6) is 0 Å². The van der Waals surface area contributed by atoms with Crippen LogP contribution in [0, 0.1) is 5.92 Å². The fourth-order valence-corrected chi connectivity index (χ4v) is 4.82. The van der Waals surface area contributed by atoms with Crippen molar-refractivity contribution in [1.29, 1.82) is 0 Å². The maximum Gasteiger partial charge on any atom is 0.232 e. The number of pyridine rings is 1. The summed E-state index contributed by atoms with van der Waals surface area (Å²) in [5, 5.41) is 2.86. The minimum absolute atomic E-state index is 0.0533. The van der Waals surface area contributed by atoms with E-state index in [9.17, 15) is 9.59 Å². The fourth-order valence-electron chi connectivity index (χ4n) is 3.96. The van der Waals surface area contributed by atoms with Gasteiger partial charge in [-0.2, -0.15) is 0 Å². The second-order valence-electron chi connectivity index (χ2n) is 7.46. The number of fused-ring (bicyclic) bond motifs is 1. The third-order valence-electron chi connectivity index (χ3n) is 5.49. The van der Waals surface area contributed by atoms with Crippen molar-refractivity contribution in [2.24, 2.45) is 5.92 Å². The number of rotatable bonds is 5. The molecule has 146 valence electrons. The quantitative estimate of drug-likeness (QED) is 0.787. The van der Waals surface area contributed by atoms with Crippen molar-refractivity contribution in [1.82, 2.24) is 9.88 Å². The van der Waals surface area contributed by atoms with Gasteiger partial charge in [-0.15, -0.1) is 11.8 Å². The number of piperidine rings is 1. The van der Waals surface area contributed by atoms with Crippen LogP contribution in [-0.4, -0.2) is 40.5 Å². The maximum atomic E-state index is 12.7. The number of aryl methyl sites for hydroxylation is 2. The van der Waals surface area contributed by atoms with Crippen LogP contribution in [0.3, 0.4) is 0 Å². The normalized spacial score (nSPS) is 18.6. The molecule has 1 N–H and O–H groups in total. The van der Waals surface area contributed by atoms with Crippen LogP contribution >= 0.6 is 11.8 Å². The Labute approximate surface area is 169 Å². The molecule has 4 rings (SSSR count). The molecule has 1 fully saturated rings. The predicted molar refractivity (Wildman–Crippen MR) is 111 cm³/mol. The van der Waals surface area contributed by atoms with Gasteiger partial charge in [0.1, 0.15) is 5.82 Å². The number of carbonyl (C=O) groups is 2. The van der Waals surface area contributed by atoms with Crippen molar-refractivity contribution in [3.8, 4) is 0 Å². The number of nitrogens with zero attached hydrogens (tertiary/aromatic N) is 2. The van der Waals surface area contributed by atoms with Crippen LogP contribution in [0.25, 0.3) is 0 Å². The van der Waals surface area contributed by atoms with Crippen LogP contribution in [0.4, 0.5) is 5.82 Å². The van der Waals surface area contributed by atoms with Crippen molar-refractivity contribution in [2.45, 2.75) is 37.0 Å². The first-order chi connectivity index (χ1) is 13.7. The zero-order valence-corrected chi connectivity index (χ0v) is 16.7. The standard InChI is InChI=1S/C22H25N3O2S/c26-21(15-28-19-10-9-16-5-3-6-17(16)13-19)25-12-4-7-18(14-25)22(27)24-20-8-1-2-11-23-20/h1-2,8-11,13,18H,3-7,12,14-15H2,(H,23,24,27). The molecule has 0 radical (unpaired) electrons. The zero-order valence-electron chi connectivity index (χ0n) is 15.9. The van der Waals surface area contributed by atoms with E-state index in [1.54, 1.807) is 24.0 Å². The van der Waals surface area contributed by atoms with E-state index in [-0.39, 0.29) is 17.7 Å². The largest absolute Gasteiger partial charge is 0.341 e. The molecule has 1 unspecified atom stereocenters. The fraction of sp³-hybridized carbons (Fsp3) is 0.409. The van der Waals surface area contributed by atoms with E-state index in [1.165, 1.54) is 24.0 Å². The summed E-state index contributed by atoms with van der Waals surface area (Å²) in [7, 11) is 0. The van der Waals surface area contributed by atoms with Gasteiger partial charge >= 0.3 is 0 Å². The Hall–Kier alpha value is -2.34. The molecule has 2 aliphatic rings. The number of amides is 2. The van der Waals surface area contributed by atoms with Crippen LogP contribution in [0.1, 0.15) is 30.4 Å². The minimum Gasteiger partial charge on any atom is -0.341 e. The van der Waals surface area contributed by atoms with Gasteiger partial charge in [-0.3, -0.25) is 9.59 Å². The highest BCUT2D eigenvalue weighted by Crippen LogP contribution is 2.28. The number of hydrogen-bond acceptors (Lipinski definition) is 4. The van der Waals surface area contributed by atoms with Gasteiger partial charge in [0.05, 0.1) is 11.7 Å². The molecule has 1 aliphatic heterocycles. The van der Waals surface area contributed by atoms with Crippen molar-refractivity contribution < 1.29 is 9.59 Å². The highest BCUT2D eigenvalue weighted by molar-refractivity contribution is 8.00. The van der Waals surface area contributed by atoms with E-state index < -0.39 is 0 Å². The Kier molecular flexibility index (Phi) is 5.95. The average molecular weight is 396 g/mol. The van der Waals surface area contributed by atoms with Crippen molar-refractivity contribution in [3.05, 3.63) is 53.7 Å². The van der Waals surface area contributed by atoms with Crippen LogP contribution < -0.4 is 5.32 Å². The Balaban J connectivity index is 1.30. The molecular formula is C22H25N3O2S. The first-order valence-electron chi connectivity index (χ1n) is 9.93. The van der Waals surface area contributed by atoms with Gasteiger partial charge in [0.15, 0.2) is 0 Å². The van der Waals surface area contributed by atoms with Gasteiger partial charge in [-0.05, 0) is 67.5 Å². The Bertz CT molecular complexity index is 856. The van der Waals surface area contributed by atoms with E-state index in [0.29, 0.717) is 18.1 Å². The first kappa shape index (κ1) is 19.0. The lowest BCUT2D eigenvalue weighted by Gasteiger charge is -2.32. The molecule has 1 atom stereocenters. The lowest BCUT2D eigenvalue weighted by Crippen LogP contribution is -2.44. The van der Waals surface area contributed by atoms with Gasteiger partial charge < -0.3 is 10.2 Å². The van der Waals surface area contributed by atoms with E-state index in [2.05, 4.69) is 28.5 Å². The molecule has 0 saturated carbocycles. The molecule has 5 nitrogen and oxygen atoms in total. The van der Waals surface area contributed by atoms with E-state index >= 15 is 0 Å². The summed E-state index contributed by atoms with van der Waals surface area (Å²) < 4.78 is 0. The second kappa shape index (κ2) is 8.78. The van der Waals surface area contributed by atoms with Crippen molar-refractivity contribution in [2.75, 3.05) is 24.2 Å². The monoisotopic (exact) mass is 395 g/mol. The molecule has 1 aromatic heterocycles. The lowest BCUT2D eigenvalue weighted by atomic mass is 9.97. The number of hydrogen-bond donors (Lipinski definition) is 1. The molecule has 0 spiro atoms. The summed E-state index contributed by atoms with van der Waals surface area (Å²) >= 11 is 1.60. The summed E-state index contributed by atoms with van der Waals surface area (Å²) in [6, 6.07) is 12.0. The topological polar surface area (TPSA) is 62.3 Å². The molecule has 1 aromatic carbocycles. The van der Waals surface area contributed by atoms with Crippen molar-refractivity contribution >= 4 is 29.4 Å². The summed E-state index contributed by atoms with van der Waals surface area (Å²) in [6.07, 6.45) is 6.88. The molecule has 2 heterocycles. The SMILES string of the molecule is O=C(Nc1ccccn1)C1CCCN(C(=O)CSc2ccc3c(c2)CCC3)C1. The smallest absolute Gasteiger partial charge is 0.232 e. The minimum atomic E-state index is -0.176. The molecular weight excluding hydrogens is 370 g/mol. The number of benzene rings is 1. The summed E-state index contributed by atoms with van der Waals surface area (Å²) in [4.78, 5) is 32.4. The summed E-state index contributed by atoms with van der Waals surface area (Å²) in [5.74, 6) is 0.865. The predicted octanol–water partition coefficient (Wildman–Crippen LogP) is 3.54. The molecule has 6 heteroatoms. The van der Waals surface area contributed by atoms with Gasteiger partial charge in [-0.1, -0.05) is 12.1 Å². The highest BCUT2D eigenvalue weighted by Gasteiger charge is 2.28. The van der Waals surface area contributed by atoms with Crippen LogP contribution in [0.2, 0.25) is 0 Å².